The van der Waals surface area contributed by atoms with Crippen LogP contribution in [0.3, 0.4) is 0 Å². The molecule has 0 saturated heterocycles. The quantitative estimate of drug-likeness (QED) is 0.759. The minimum atomic E-state index is 0.122. The molecular formula is C12H23N5OS. The fourth-order valence-corrected chi connectivity index (χ4v) is 1.39. The van der Waals surface area contributed by atoms with Crippen LogP contribution in [0.4, 0.5) is 11.9 Å². The van der Waals surface area contributed by atoms with Crippen LogP contribution in [0.1, 0.15) is 27.2 Å². The number of anilines is 2. The highest BCUT2D eigenvalue weighted by molar-refractivity contribution is 7.99. The summed E-state index contributed by atoms with van der Waals surface area (Å²) in [6.45, 7) is 7.75. The molecule has 0 saturated carbocycles. The molecule has 0 atom stereocenters. The lowest BCUT2D eigenvalue weighted by molar-refractivity contribution is 0.292. The summed E-state index contributed by atoms with van der Waals surface area (Å²) in [5.74, 6) is 1.04. The molecule has 2 N–H and O–H groups in total. The van der Waals surface area contributed by atoms with Crippen LogP contribution in [0, 0.1) is 0 Å². The monoisotopic (exact) mass is 285 g/mol. The van der Waals surface area contributed by atoms with Crippen LogP contribution in [0.15, 0.2) is 0 Å². The van der Waals surface area contributed by atoms with E-state index in [1.54, 1.807) is 18.8 Å². The Kier molecular flexibility index (Phi) is 6.14. The first-order valence-electron chi connectivity index (χ1n) is 6.36. The molecule has 0 unspecified atom stereocenters. The summed E-state index contributed by atoms with van der Waals surface area (Å²) in [7, 11) is 1.77. The number of ether oxygens (including phenoxy) is 1. The molecule has 0 aliphatic heterocycles. The van der Waals surface area contributed by atoms with Crippen molar-refractivity contribution in [1.82, 2.24) is 15.0 Å². The third-order valence-corrected chi connectivity index (χ3v) is 3.75. The Balaban J connectivity index is 2.76. The molecule has 7 heteroatoms. The van der Waals surface area contributed by atoms with Gasteiger partial charge in [-0.25, -0.2) is 0 Å². The Labute approximate surface area is 119 Å². The van der Waals surface area contributed by atoms with Crippen molar-refractivity contribution in [3.63, 3.8) is 0 Å². The molecule has 1 aromatic heterocycles. The Bertz CT molecular complexity index is 400. The number of nitrogens with one attached hydrogen (secondary N) is 2. The summed E-state index contributed by atoms with van der Waals surface area (Å²) >= 11 is 1.79. The van der Waals surface area contributed by atoms with E-state index >= 15 is 0 Å². The van der Waals surface area contributed by atoms with Gasteiger partial charge in [0.2, 0.25) is 11.9 Å². The smallest absolute Gasteiger partial charge is 0.323 e. The van der Waals surface area contributed by atoms with Crippen molar-refractivity contribution in [1.29, 1.82) is 0 Å². The Hall–Kier alpha value is -1.24. The Morgan fingerprint density at radius 3 is 2.47 bits per heavy atom. The summed E-state index contributed by atoms with van der Waals surface area (Å²) in [6.07, 6.45) is 3.01. The van der Waals surface area contributed by atoms with Gasteiger partial charge in [0.25, 0.3) is 0 Å². The average Bonchev–Trinajstić information content (AvgIpc) is 2.42. The first-order valence-corrected chi connectivity index (χ1v) is 7.59. The third kappa shape index (κ3) is 5.50. The molecule has 108 valence electrons. The maximum atomic E-state index is 5.45. The molecule has 1 heterocycles. The van der Waals surface area contributed by atoms with Crippen LogP contribution in [0.2, 0.25) is 0 Å². The highest BCUT2D eigenvalue weighted by Gasteiger charge is 2.16. The Morgan fingerprint density at radius 2 is 1.89 bits per heavy atom. The zero-order chi connectivity index (χ0) is 14.3. The lowest BCUT2D eigenvalue weighted by Crippen LogP contribution is -2.26. The van der Waals surface area contributed by atoms with Crippen molar-refractivity contribution in [3.05, 3.63) is 0 Å². The van der Waals surface area contributed by atoms with E-state index in [2.05, 4.69) is 45.7 Å². The highest BCUT2D eigenvalue weighted by Crippen LogP contribution is 2.21. The van der Waals surface area contributed by atoms with Crippen molar-refractivity contribution >= 4 is 23.7 Å². The van der Waals surface area contributed by atoms with Gasteiger partial charge in [-0.2, -0.15) is 26.7 Å². The van der Waals surface area contributed by atoms with Gasteiger partial charge in [0, 0.05) is 18.3 Å². The van der Waals surface area contributed by atoms with E-state index in [0.29, 0.717) is 24.5 Å². The number of thioether (sulfide) groups is 1. The van der Waals surface area contributed by atoms with Crippen LogP contribution >= 0.6 is 11.8 Å². The first-order chi connectivity index (χ1) is 9.00. The molecule has 0 radical (unpaired) electrons. The van der Waals surface area contributed by atoms with E-state index in [1.165, 1.54) is 0 Å². The van der Waals surface area contributed by atoms with E-state index in [4.69, 9.17) is 4.74 Å². The minimum Gasteiger partial charge on any atom is -0.463 e. The SMILES string of the molecule is CCCOc1nc(NC)nc(NCC(C)(C)SC)n1. The van der Waals surface area contributed by atoms with Gasteiger partial charge < -0.3 is 15.4 Å². The summed E-state index contributed by atoms with van der Waals surface area (Å²) < 4.78 is 5.57. The zero-order valence-electron chi connectivity index (χ0n) is 12.3. The van der Waals surface area contributed by atoms with Gasteiger partial charge >= 0.3 is 6.01 Å². The maximum Gasteiger partial charge on any atom is 0.323 e. The van der Waals surface area contributed by atoms with Gasteiger partial charge in [-0.1, -0.05) is 6.92 Å². The van der Waals surface area contributed by atoms with Crippen LogP contribution in [-0.4, -0.2) is 46.2 Å². The van der Waals surface area contributed by atoms with Crippen LogP contribution < -0.4 is 15.4 Å². The summed E-state index contributed by atoms with van der Waals surface area (Å²) in [5, 5.41) is 6.13. The van der Waals surface area contributed by atoms with Crippen molar-refractivity contribution < 1.29 is 4.74 Å². The first kappa shape index (κ1) is 15.8. The second kappa shape index (κ2) is 7.37. The molecule has 0 aliphatic rings. The number of rotatable bonds is 8. The summed E-state index contributed by atoms with van der Waals surface area (Å²) in [6, 6.07) is 0.352. The van der Waals surface area contributed by atoms with E-state index in [1.807, 2.05) is 6.92 Å². The standard InChI is InChI=1S/C12H23N5OS/c1-6-7-18-11-16-9(13-4)15-10(17-11)14-8-12(2,3)19-5/h6-8H2,1-5H3,(H2,13,14,15,16,17). The molecule has 0 aromatic carbocycles. The van der Waals surface area contributed by atoms with Gasteiger partial charge in [0.15, 0.2) is 0 Å². The van der Waals surface area contributed by atoms with E-state index in [9.17, 15) is 0 Å². The van der Waals surface area contributed by atoms with Crippen molar-refractivity contribution in [2.24, 2.45) is 0 Å². The molecule has 1 rings (SSSR count). The predicted molar refractivity (Wildman–Crippen MR) is 81.2 cm³/mol. The van der Waals surface area contributed by atoms with Crippen LogP contribution in [0.25, 0.3) is 0 Å². The topological polar surface area (TPSA) is 72.0 Å². The van der Waals surface area contributed by atoms with Gasteiger partial charge in [0.1, 0.15) is 0 Å². The molecule has 1 aromatic rings. The molecule has 19 heavy (non-hydrogen) atoms. The van der Waals surface area contributed by atoms with Gasteiger partial charge in [0.05, 0.1) is 6.61 Å². The van der Waals surface area contributed by atoms with E-state index in [0.717, 1.165) is 13.0 Å². The van der Waals surface area contributed by atoms with Crippen molar-refractivity contribution in [3.8, 4) is 6.01 Å². The van der Waals surface area contributed by atoms with Gasteiger partial charge in [-0.15, -0.1) is 0 Å². The zero-order valence-corrected chi connectivity index (χ0v) is 13.1. The number of hydrogen-bond acceptors (Lipinski definition) is 7. The largest absolute Gasteiger partial charge is 0.463 e. The summed E-state index contributed by atoms with van der Waals surface area (Å²) in [5.41, 5.74) is 0. The molecular weight excluding hydrogens is 262 g/mol. The lowest BCUT2D eigenvalue weighted by Gasteiger charge is -2.22. The fraction of sp³-hybridized carbons (Fsp3) is 0.750. The maximum absolute atomic E-state index is 5.45. The molecule has 6 nitrogen and oxygen atoms in total. The number of hydrogen-bond donors (Lipinski definition) is 2. The number of aromatic nitrogens is 3. The number of nitrogens with zero attached hydrogens (tertiary/aromatic N) is 3. The second-order valence-electron chi connectivity index (χ2n) is 4.68. The molecule has 0 aliphatic carbocycles. The lowest BCUT2D eigenvalue weighted by atomic mass is 10.2. The summed E-state index contributed by atoms with van der Waals surface area (Å²) in [4.78, 5) is 12.7. The Morgan fingerprint density at radius 1 is 1.21 bits per heavy atom. The third-order valence-electron chi connectivity index (χ3n) is 2.50. The van der Waals surface area contributed by atoms with Crippen LogP contribution in [-0.2, 0) is 0 Å². The molecule has 0 fully saturated rings. The minimum absolute atomic E-state index is 0.122. The van der Waals surface area contributed by atoms with Gasteiger partial charge in [-0.05, 0) is 26.5 Å². The second-order valence-corrected chi connectivity index (χ2v) is 6.19. The molecule has 0 amide bonds. The highest BCUT2D eigenvalue weighted by atomic mass is 32.2. The predicted octanol–water partition coefficient (Wildman–Crippen LogP) is 2.26. The normalized spacial score (nSPS) is 11.2. The fourth-order valence-electron chi connectivity index (χ4n) is 1.17. The van der Waals surface area contributed by atoms with E-state index < -0.39 is 0 Å². The molecule has 0 bridgehead atoms. The van der Waals surface area contributed by atoms with Crippen molar-refractivity contribution in [2.45, 2.75) is 31.9 Å². The van der Waals surface area contributed by atoms with Crippen molar-refractivity contribution in [2.75, 3.05) is 37.1 Å². The van der Waals surface area contributed by atoms with Gasteiger partial charge in [-0.3, -0.25) is 0 Å². The molecule has 0 spiro atoms. The van der Waals surface area contributed by atoms with Crippen LogP contribution in [0.5, 0.6) is 6.01 Å². The van der Waals surface area contributed by atoms with E-state index in [-0.39, 0.29) is 4.75 Å². The average molecular weight is 285 g/mol.